The fourth-order valence-corrected chi connectivity index (χ4v) is 3.02. The number of benzene rings is 2. The van der Waals surface area contributed by atoms with Gasteiger partial charge in [-0.2, -0.15) is 5.10 Å². The number of aryl methyl sites for hydroxylation is 1. The zero-order valence-electron chi connectivity index (χ0n) is 15.3. The van der Waals surface area contributed by atoms with Crippen LogP contribution in [-0.4, -0.2) is 25.2 Å². The standard InChI is InChI=1S/C21H19N5O2/c1-15-13-22-21(28)26(15)19-9-5-17(6-10-19)20(27)24-18-7-3-16(4-8-18)14-25-12-2-11-23-25/h2-13H,14H2,1H3,(H,22,28)(H,24,27). The highest BCUT2D eigenvalue weighted by atomic mass is 16.2. The third-order valence-corrected chi connectivity index (χ3v) is 4.46. The second-order valence-electron chi connectivity index (χ2n) is 6.47. The Morgan fingerprint density at radius 3 is 2.46 bits per heavy atom. The van der Waals surface area contributed by atoms with Gasteiger partial charge in [0.1, 0.15) is 0 Å². The number of nitrogens with one attached hydrogen (secondary N) is 2. The lowest BCUT2D eigenvalue weighted by molar-refractivity contribution is 0.102. The van der Waals surface area contributed by atoms with Gasteiger partial charge in [-0.05, 0) is 55.0 Å². The molecular formula is C21H19N5O2. The predicted molar refractivity (Wildman–Crippen MR) is 107 cm³/mol. The summed E-state index contributed by atoms with van der Waals surface area (Å²) in [6.45, 7) is 2.52. The monoisotopic (exact) mass is 373 g/mol. The van der Waals surface area contributed by atoms with Crippen LogP contribution in [0.25, 0.3) is 5.69 Å². The van der Waals surface area contributed by atoms with E-state index in [4.69, 9.17) is 0 Å². The molecule has 4 aromatic rings. The Labute approximate surface area is 161 Å². The Kier molecular flexibility index (Phi) is 4.63. The molecule has 0 fully saturated rings. The number of aromatic amines is 1. The Morgan fingerprint density at radius 1 is 1.11 bits per heavy atom. The van der Waals surface area contributed by atoms with E-state index in [0.29, 0.717) is 17.8 Å². The van der Waals surface area contributed by atoms with Crippen LogP contribution in [0.15, 0.2) is 78.0 Å². The van der Waals surface area contributed by atoms with Crippen LogP contribution in [0.5, 0.6) is 0 Å². The summed E-state index contributed by atoms with van der Waals surface area (Å²) < 4.78 is 3.40. The largest absolute Gasteiger partial charge is 0.330 e. The molecule has 4 rings (SSSR count). The van der Waals surface area contributed by atoms with Crippen LogP contribution in [0, 0.1) is 6.92 Å². The van der Waals surface area contributed by atoms with Crippen molar-refractivity contribution in [3.63, 3.8) is 0 Å². The molecule has 140 valence electrons. The van der Waals surface area contributed by atoms with Gasteiger partial charge in [0, 0.05) is 35.5 Å². The van der Waals surface area contributed by atoms with Crippen LogP contribution in [0.1, 0.15) is 21.6 Å². The number of anilines is 1. The molecule has 0 saturated heterocycles. The number of hydrogen-bond acceptors (Lipinski definition) is 3. The van der Waals surface area contributed by atoms with Crippen LogP contribution < -0.4 is 11.0 Å². The molecule has 2 aromatic carbocycles. The van der Waals surface area contributed by atoms with Crippen molar-refractivity contribution >= 4 is 11.6 Å². The van der Waals surface area contributed by atoms with E-state index >= 15 is 0 Å². The maximum Gasteiger partial charge on any atom is 0.330 e. The SMILES string of the molecule is Cc1c[nH]c(=O)n1-c1ccc(C(=O)Nc2ccc(Cn3cccn3)cc2)cc1. The highest BCUT2D eigenvalue weighted by molar-refractivity contribution is 6.04. The minimum absolute atomic E-state index is 0.204. The first-order valence-electron chi connectivity index (χ1n) is 8.85. The van der Waals surface area contributed by atoms with Crippen molar-refractivity contribution < 1.29 is 4.79 Å². The van der Waals surface area contributed by atoms with Crippen molar-refractivity contribution in [3.8, 4) is 5.69 Å². The average molecular weight is 373 g/mol. The van der Waals surface area contributed by atoms with Gasteiger partial charge in [-0.15, -0.1) is 0 Å². The first-order valence-corrected chi connectivity index (χ1v) is 8.85. The van der Waals surface area contributed by atoms with Crippen LogP contribution in [-0.2, 0) is 6.54 Å². The molecule has 2 N–H and O–H groups in total. The Balaban J connectivity index is 1.44. The molecule has 0 aliphatic carbocycles. The van der Waals surface area contributed by atoms with Crippen molar-refractivity contribution in [2.45, 2.75) is 13.5 Å². The van der Waals surface area contributed by atoms with Gasteiger partial charge in [0.15, 0.2) is 0 Å². The van der Waals surface area contributed by atoms with Crippen LogP contribution in [0.2, 0.25) is 0 Å². The van der Waals surface area contributed by atoms with Gasteiger partial charge in [0.05, 0.1) is 12.2 Å². The van der Waals surface area contributed by atoms with E-state index in [1.807, 2.05) is 48.1 Å². The summed E-state index contributed by atoms with van der Waals surface area (Å²) in [7, 11) is 0. The van der Waals surface area contributed by atoms with E-state index in [1.54, 1.807) is 41.2 Å². The number of H-pyrrole nitrogens is 1. The molecule has 0 saturated carbocycles. The van der Waals surface area contributed by atoms with Crippen LogP contribution >= 0.6 is 0 Å². The summed E-state index contributed by atoms with van der Waals surface area (Å²) in [5.74, 6) is -0.204. The van der Waals surface area contributed by atoms with Crippen molar-refractivity contribution in [2.75, 3.05) is 5.32 Å². The van der Waals surface area contributed by atoms with Crippen molar-refractivity contribution in [1.29, 1.82) is 0 Å². The third kappa shape index (κ3) is 3.64. The first-order chi connectivity index (χ1) is 13.6. The molecule has 1 amide bonds. The highest BCUT2D eigenvalue weighted by Crippen LogP contribution is 2.14. The number of aromatic nitrogens is 4. The second-order valence-corrected chi connectivity index (χ2v) is 6.47. The smallest absolute Gasteiger partial charge is 0.322 e. The molecule has 2 aromatic heterocycles. The van der Waals surface area contributed by atoms with Gasteiger partial charge in [-0.3, -0.25) is 14.0 Å². The molecule has 2 heterocycles. The molecular weight excluding hydrogens is 354 g/mol. The summed E-state index contributed by atoms with van der Waals surface area (Å²) in [4.78, 5) is 27.0. The molecule has 28 heavy (non-hydrogen) atoms. The summed E-state index contributed by atoms with van der Waals surface area (Å²) in [5.41, 5.74) is 3.64. The molecule has 7 nitrogen and oxygen atoms in total. The Morgan fingerprint density at radius 2 is 1.86 bits per heavy atom. The van der Waals surface area contributed by atoms with E-state index in [-0.39, 0.29) is 11.6 Å². The topological polar surface area (TPSA) is 84.7 Å². The first kappa shape index (κ1) is 17.5. The van der Waals surface area contributed by atoms with Gasteiger partial charge in [0.2, 0.25) is 0 Å². The zero-order valence-corrected chi connectivity index (χ0v) is 15.3. The number of carbonyl (C=O) groups is 1. The highest BCUT2D eigenvalue weighted by Gasteiger charge is 2.09. The number of carbonyl (C=O) groups excluding carboxylic acids is 1. The molecule has 0 aliphatic rings. The van der Waals surface area contributed by atoms with E-state index < -0.39 is 0 Å². The molecule has 0 spiro atoms. The van der Waals surface area contributed by atoms with Crippen LogP contribution in [0.3, 0.4) is 0 Å². The average Bonchev–Trinajstić information content (AvgIpc) is 3.33. The van der Waals surface area contributed by atoms with E-state index in [0.717, 1.165) is 16.9 Å². The zero-order chi connectivity index (χ0) is 19.5. The molecule has 0 unspecified atom stereocenters. The third-order valence-electron chi connectivity index (χ3n) is 4.46. The fraction of sp³-hybridized carbons (Fsp3) is 0.0952. The Bertz CT molecular complexity index is 1140. The van der Waals surface area contributed by atoms with Gasteiger partial charge < -0.3 is 10.3 Å². The van der Waals surface area contributed by atoms with E-state index in [9.17, 15) is 9.59 Å². The summed E-state index contributed by atoms with van der Waals surface area (Å²) in [6, 6.07) is 16.5. The minimum atomic E-state index is -0.204. The molecule has 0 bridgehead atoms. The summed E-state index contributed by atoms with van der Waals surface area (Å²) in [5, 5.41) is 7.07. The lowest BCUT2D eigenvalue weighted by Gasteiger charge is -2.08. The molecule has 0 radical (unpaired) electrons. The lowest BCUT2D eigenvalue weighted by Crippen LogP contribution is -2.16. The van der Waals surface area contributed by atoms with E-state index in [1.165, 1.54) is 0 Å². The van der Waals surface area contributed by atoms with Crippen LogP contribution in [0.4, 0.5) is 5.69 Å². The lowest BCUT2D eigenvalue weighted by atomic mass is 10.1. The number of amides is 1. The maximum absolute atomic E-state index is 12.5. The van der Waals surface area contributed by atoms with Crippen molar-refractivity contribution in [2.24, 2.45) is 0 Å². The number of rotatable bonds is 5. The number of hydrogen-bond donors (Lipinski definition) is 2. The molecule has 7 heteroatoms. The van der Waals surface area contributed by atoms with Gasteiger partial charge in [0.25, 0.3) is 5.91 Å². The number of nitrogens with zero attached hydrogens (tertiary/aromatic N) is 3. The van der Waals surface area contributed by atoms with E-state index in [2.05, 4.69) is 15.4 Å². The van der Waals surface area contributed by atoms with Crippen molar-refractivity contribution in [3.05, 3.63) is 100 Å². The van der Waals surface area contributed by atoms with Gasteiger partial charge in [-0.1, -0.05) is 12.1 Å². The van der Waals surface area contributed by atoms with Gasteiger partial charge >= 0.3 is 5.69 Å². The number of imidazole rings is 1. The maximum atomic E-state index is 12.5. The summed E-state index contributed by atoms with van der Waals surface area (Å²) >= 11 is 0. The summed E-state index contributed by atoms with van der Waals surface area (Å²) in [6.07, 6.45) is 5.30. The quantitative estimate of drug-likeness (QED) is 0.564. The predicted octanol–water partition coefficient (Wildman–Crippen LogP) is 2.97. The minimum Gasteiger partial charge on any atom is -0.322 e. The molecule has 0 atom stereocenters. The van der Waals surface area contributed by atoms with Crippen molar-refractivity contribution in [1.82, 2.24) is 19.3 Å². The second kappa shape index (κ2) is 7.40. The van der Waals surface area contributed by atoms with Gasteiger partial charge in [-0.25, -0.2) is 4.79 Å². The fourth-order valence-electron chi connectivity index (χ4n) is 3.02. The normalized spacial score (nSPS) is 10.8. The molecule has 0 aliphatic heterocycles. The Hall–Kier alpha value is -3.87.